The number of methoxy groups -OCH3 is 1. The SMILES string of the molecule is CCOC(=O)[C@@H]1C(=O)C2=C(C[C@@H]1c1cccs1)NC(=O)C[C@@H]2c1ccc(O)c(OC)c1. The molecule has 3 atom stereocenters. The Balaban J connectivity index is 1.81. The van der Waals surface area contributed by atoms with E-state index in [1.54, 1.807) is 19.1 Å². The van der Waals surface area contributed by atoms with Gasteiger partial charge < -0.3 is 19.9 Å². The van der Waals surface area contributed by atoms with Crippen LogP contribution >= 0.6 is 11.3 Å². The van der Waals surface area contributed by atoms with E-state index in [4.69, 9.17) is 9.47 Å². The summed E-state index contributed by atoms with van der Waals surface area (Å²) in [7, 11) is 1.44. The molecule has 7 nitrogen and oxygen atoms in total. The number of esters is 1. The Bertz CT molecular complexity index is 1060. The Morgan fingerprint density at radius 2 is 2.06 bits per heavy atom. The topological polar surface area (TPSA) is 102 Å². The number of ketones is 1. The van der Waals surface area contributed by atoms with Crippen molar-refractivity contribution in [2.75, 3.05) is 13.7 Å². The van der Waals surface area contributed by atoms with Crippen LogP contribution in [0.15, 0.2) is 47.0 Å². The Kier molecular flexibility index (Phi) is 5.82. The minimum absolute atomic E-state index is 0.0298. The predicted molar refractivity (Wildman–Crippen MR) is 114 cm³/mol. The summed E-state index contributed by atoms with van der Waals surface area (Å²) in [4.78, 5) is 40.0. The Morgan fingerprint density at radius 3 is 2.74 bits per heavy atom. The fraction of sp³-hybridized carbons (Fsp3) is 0.348. The molecule has 0 unspecified atom stereocenters. The van der Waals surface area contributed by atoms with E-state index >= 15 is 0 Å². The number of allylic oxidation sites excluding steroid dienone is 2. The Labute approximate surface area is 183 Å². The number of phenols is 1. The third-order valence-electron chi connectivity index (χ3n) is 5.78. The molecule has 0 radical (unpaired) electrons. The van der Waals surface area contributed by atoms with Crippen molar-refractivity contribution >= 4 is 29.0 Å². The van der Waals surface area contributed by atoms with Crippen molar-refractivity contribution < 1.29 is 29.0 Å². The molecule has 1 aromatic heterocycles. The lowest BCUT2D eigenvalue weighted by Crippen LogP contribution is -2.44. The van der Waals surface area contributed by atoms with E-state index in [1.807, 2.05) is 17.5 Å². The minimum atomic E-state index is -0.964. The quantitative estimate of drug-likeness (QED) is 0.546. The van der Waals surface area contributed by atoms with Gasteiger partial charge in [-0.15, -0.1) is 11.3 Å². The third-order valence-corrected chi connectivity index (χ3v) is 6.79. The lowest BCUT2D eigenvalue weighted by atomic mass is 9.69. The lowest BCUT2D eigenvalue weighted by molar-refractivity contribution is -0.152. The van der Waals surface area contributed by atoms with Crippen molar-refractivity contribution in [1.82, 2.24) is 5.32 Å². The first-order valence-corrected chi connectivity index (χ1v) is 11.0. The summed E-state index contributed by atoms with van der Waals surface area (Å²) in [5, 5.41) is 14.7. The van der Waals surface area contributed by atoms with E-state index in [0.717, 1.165) is 4.88 Å². The van der Waals surface area contributed by atoms with Gasteiger partial charge in [-0.3, -0.25) is 14.4 Å². The third kappa shape index (κ3) is 3.83. The van der Waals surface area contributed by atoms with E-state index in [9.17, 15) is 19.5 Å². The molecule has 31 heavy (non-hydrogen) atoms. The summed E-state index contributed by atoms with van der Waals surface area (Å²) >= 11 is 1.47. The zero-order valence-electron chi connectivity index (χ0n) is 17.2. The maximum absolute atomic E-state index is 13.7. The van der Waals surface area contributed by atoms with Gasteiger partial charge in [-0.05, 0) is 42.5 Å². The Hall–Kier alpha value is -3.13. The summed E-state index contributed by atoms with van der Waals surface area (Å²) in [5.74, 6) is -2.72. The highest BCUT2D eigenvalue weighted by atomic mass is 32.1. The van der Waals surface area contributed by atoms with Crippen LogP contribution in [0.1, 0.15) is 42.0 Å². The number of carbonyl (C=O) groups is 3. The number of benzene rings is 1. The van der Waals surface area contributed by atoms with Crippen LogP contribution in [0.2, 0.25) is 0 Å². The number of hydrogen-bond donors (Lipinski definition) is 2. The molecule has 2 aromatic rings. The number of amides is 1. The van der Waals surface area contributed by atoms with Gasteiger partial charge in [0.25, 0.3) is 0 Å². The number of nitrogens with one attached hydrogen (secondary N) is 1. The highest BCUT2D eigenvalue weighted by Gasteiger charge is 2.48. The summed E-state index contributed by atoms with van der Waals surface area (Å²) < 4.78 is 10.5. The molecular formula is C23H23NO6S. The number of Topliss-reactive ketones (excluding diaryl/α,β-unsaturated/α-hetero) is 1. The molecule has 0 saturated heterocycles. The number of thiophene rings is 1. The lowest BCUT2D eigenvalue weighted by Gasteiger charge is -2.37. The highest BCUT2D eigenvalue weighted by molar-refractivity contribution is 7.10. The van der Waals surface area contributed by atoms with Crippen molar-refractivity contribution in [2.45, 2.75) is 31.6 Å². The van der Waals surface area contributed by atoms with Gasteiger partial charge in [0.2, 0.25) is 5.91 Å². The smallest absolute Gasteiger partial charge is 0.317 e. The molecular weight excluding hydrogens is 418 g/mol. The molecule has 0 fully saturated rings. The molecule has 1 aromatic carbocycles. The van der Waals surface area contributed by atoms with E-state index in [2.05, 4.69) is 5.32 Å². The van der Waals surface area contributed by atoms with Crippen LogP contribution in [0.25, 0.3) is 0 Å². The maximum Gasteiger partial charge on any atom is 0.317 e. The second-order valence-corrected chi connectivity index (χ2v) is 8.53. The molecule has 0 spiro atoms. The standard InChI is InChI=1S/C23H23NO6S/c1-3-30-23(28)21-14(18-5-4-8-31-18)10-15-20(22(21)27)13(11-19(26)24-15)12-6-7-16(25)17(9-12)29-2/h4-9,13-14,21,25H,3,10-11H2,1-2H3,(H,24,26)/t13-,14-,21+/m1/s1. The van der Waals surface area contributed by atoms with Crippen LogP contribution < -0.4 is 10.1 Å². The number of aromatic hydroxyl groups is 1. The van der Waals surface area contributed by atoms with Gasteiger partial charge in [-0.25, -0.2) is 0 Å². The van der Waals surface area contributed by atoms with E-state index in [-0.39, 0.29) is 36.2 Å². The van der Waals surface area contributed by atoms with Gasteiger partial charge in [0.15, 0.2) is 17.3 Å². The van der Waals surface area contributed by atoms with Crippen molar-refractivity contribution in [3.05, 3.63) is 57.4 Å². The molecule has 0 saturated carbocycles. The number of carbonyl (C=O) groups excluding carboxylic acids is 3. The number of hydrogen-bond acceptors (Lipinski definition) is 7. The van der Waals surface area contributed by atoms with Crippen LogP contribution in [0.3, 0.4) is 0 Å². The van der Waals surface area contributed by atoms with Crippen LogP contribution in [-0.4, -0.2) is 36.5 Å². The normalized spacial score (nSPS) is 23.2. The first kappa shape index (κ1) is 21.1. The van der Waals surface area contributed by atoms with Gasteiger partial charge in [0.1, 0.15) is 5.92 Å². The van der Waals surface area contributed by atoms with Gasteiger partial charge in [-0.2, -0.15) is 0 Å². The van der Waals surface area contributed by atoms with Crippen molar-refractivity contribution in [1.29, 1.82) is 0 Å². The van der Waals surface area contributed by atoms with Crippen LogP contribution in [-0.2, 0) is 19.1 Å². The largest absolute Gasteiger partial charge is 0.504 e. The van der Waals surface area contributed by atoms with Crippen molar-refractivity contribution in [2.24, 2.45) is 5.92 Å². The first-order chi connectivity index (χ1) is 14.9. The molecule has 0 bridgehead atoms. The number of ether oxygens (including phenoxy) is 2. The second-order valence-electron chi connectivity index (χ2n) is 7.55. The van der Waals surface area contributed by atoms with Gasteiger partial charge in [0.05, 0.1) is 13.7 Å². The molecule has 162 valence electrons. The zero-order chi connectivity index (χ0) is 22.1. The molecule has 4 rings (SSSR count). The molecule has 2 N–H and O–H groups in total. The monoisotopic (exact) mass is 441 g/mol. The fourth-order valence-electron chi connectivity index (χ4n) is 4.42. The second kappa shape index (κ2) is 8.55. The number of phenolic OH excluding ortho intramolecular Hbond substituents is 1. The summed E-state index contributed by atoms with van der Waals surface area (Å²) in [5.41, 5.74) is 1.65. The minimum Gasteiger partial charge on any atom is -0.504 e. The highest BCUT2D eigenvalue weighted by Crippen LogP contribution is 2.47. The van der Waals surface area contributed by atoms with Crippen molar-refractivity contribution in [3.63, 3.8) is 0 Å². The van der Waals surface area contributed by atoms with Gasteiger partial charge in [-0.1, -0.05) is 12.1 Å². The van der Waals surface area contributed by atoms with Crippen LogP contribution in [0, 0.1) is 5.92 Å². The first-order valence-electron chi connectivity index (χ1n) is 10.1. The van der Waals surface area contributed by atoms with E-state index in [0.29, 0.717) is 23.3 Å². The molecule has 2 heterocycles. The Morgan fingerprint density at radius 1 is 1.26 bits per heavy atom. The van der Waals surface area contributed by atoms with Gasteiger partial charge >= 0.3 is 5.97 Å². The summed E-state index contributed by atoms with van der Waals surface area (Å²) in [6.45, 7) is 1.89. The van der Waals surface area contributed by atoms with Crippen LogP contribution in [0.4, 0.5) is 0 Å². The molecule has 8 heteroatoms. The average molecular weight is 442 g/mol. The summed E-state index contributed by atoms with van der Waals surface area (Å²) in [6, 6.07) is 8.55. The molecule has 1 aliphatic carbocycles. The number of rotatable bonds is 5. The van der Waals surface area contributed by atoms with Crippen molar-refractivity contribution in [3.8, 4) is 11.5 Å². The van der Waals surface area contributed by atoms with E-state index in [1.165, 1.54) is 24.5 Å². The predicted octanol–water partition coefficient (Wildman–Crippen LogP) is 3.26. The molecule has 1 amide bonds. The fourth-order valence-corrected chi connectivity index (χ4v) is 5.29. The van der Waals surface area contributed by atoms with E-state index < -0.39 is 23.7 Å². The zero-order valence-corrected chi connectivity index (χ0v) is 18.0. The van der Waals surface area contributed by atoms with Crippen LogP contribution in [0.5, 0.6) is 11.5 Å². The maximum atomic E-state index is 13.7. The molecule has 2 aliphatic rings. The molecule has 1 aliphatic heterocycles. The average Bonchev–Trinajstić information content (AvgIpc) is 3.28. The summed E-state index contributed by atoms with van der Waals surface area (Å²) in [6.07, 6.45) is 0.431. The van der Waals surface area contributed by atoms with Gasteiger partial charge in [0, 0.05) is 34.4 Å².